The fraction of sp³-hybridized carbons (Fsp3) is 0.818. The van der Waals surface area contributed by atoms with Gasteiger partial charge in [-0.1, -0.05) is 0 Å². The summed E-state index contributed by atoms with van der Waals surface area (Å²) in [5.41, 5.74) is 0. The maximum Gasteiger partial charge on any atom is 0.0214 e. The molecule has 2 aliphatic rings. The highest BCUT2D eigenvalue weighted by molar-refractivity contribution is 4.91. The largest absolute Gasteiger partial charge is 0.310 e. The fourth-order valence-corrected chi connectivity index (χ4v) is 2.44. The maximum atomic E-state index is 5.27. The van der Waals surface area contributed by atoms with E-state index in [1.54, 1.807) is 0 Å². The summed E-state index contributed by atoms with van der Waals surface area (Å²) in [7, 11) is 0. The monoisotopic (exact) mass is 178 g/mol. The first-order valence-electron chi connectivity index (χ1n) is 5.30. The van der Waals surface area contributed by atoms with Crippen LogP contribution in [0.5, 0.6) is 0 Å². The normalized spacial score (nSPS) is 34.1. The van der Waals surface area contributed by atoms with Crippen molar-refractivity contribution in [3.63, 3.8) is 0 Å². The number of likely N-dealkylation sites (tertiary alicyclic amines) is 1. The summed E-state index contributed by atoms with van der Waals surface area (Å²) in [4.78, 5) is 2.51. The van der Waals surface area contributed by atoms with Crippen molar-refractivity contribution in [1.82, 2.24) is 10.2 Å². The minimum absolute atomic E-state index is 0.741. The van der Waals surface area contributed by atoms with Crippen LogP contribution in [0.2, 0.25) is 0 Å². The summed E-state index contributed by atoms with van der Waals surface area (Å²) in [6.07, 6.45) is 10.2. The number of terminal acetylenes is 1. The van der Waals surface area contributed by atoms with Gasteiger partial charge in [0.25, 0.3) is 0 Å². The Balaban J connectivity index is 1.83. The van der Waals surface area contributed by atoms with E-state index in [0.717, 1.165) is 25.0 Å². The van der Waals surface area contributed by atoms with Crippen LogP contribution in [0.4, 0.5) is 0 Å². The Bertz CT molecular complexity index is 207. The van der Waals surface area contributed by atoms with Gasteiger partial charge in [0.2, 0.25) is 0 Å². The van der Waals surface area contributed by atoms with Gasteiger partial charge in [-0.05, 0) is 25.8 Å². The molecular formula is C11H18N2. The van der Waals surface area contributed by atoms with Crippen LogP contribution in [0.15, 0.2) is 0 Å². The van der Waals surface area contributed by atoms with Gasteiger partial charge in [0.15, 0.2) is 0 Å². The van der Waals surface area contributed by atoms with Crippen molar-refractivity contribution in [3.05, 3.63) is 0 Å². The molecule has 0 saturated carbocycles. The molecule has 2 unspecified atom stereocenters. The van der Waals surface area contributed by atoms with Crippen LogP contribution in [0.3, 0.4) is 0 Å². The van der Waals surface area contributed by atoms with E-state index < -0.39 is 0 Å². The number of rotatable bonds is 2. The average Bonchev–Trinajstić information content (AvgIpc) is 2.45. The Morgan fingerprint density at radius 2 is 2.15 bits per heavy atom. The van der Waals surface area contributed by atoms with E-state index in [1.807, 2.05) is 0 Å². The molecule has 2 bridgehead atoms. The molecule has 2 saturated heterocycles. The van der Waals surface area contributed by atoms with Crippen molar-refractivity contribution in [2.75, 3.05) is 19.6 Å². The smallest absolute Gasteiger partial charge is 0.0214 e. The zero-order valence-electron chi connectivity index (χ0n) is 8.13. The maximum absolute atomic E-state index is 5.27. The molecule has 13 heavy (non-hydrogen) atoms. The SMILES string of the molecule is C#CCCN1CCC2CCC(C1)N2. The van der Waals surface area contributed by atoms with Crippen LogP contribution < -0.4 is 5.32 Å². The second kappa shape index (κ2) is 4.13. The third kappa shape index (κ3) is 2.24. The summed E-state index contributed by atoms with van der Waals surface area (Å²) in [6.45, 7) is 3.52. The number of fused-ring (bicyclic) bond motifs is 2. The molecule has 2 aliphatic heterocycles. The Hall–Kier alpha value is -0.520. The standard InChI is InChI=1S/C11H18N2/c1-2-3-7-13-8-6-10-4-5-11(9-13)12-10/h1,10-12H,3-9H2. The van der Waals surface area contributed by atoms with Gasteiger partial charge in [-0.3, -0.25) is 0 Å². The molecule has 0 radical (unpaired) electrons. The lowest BCUT2D eigenvalue weighted by atomic mass is 10.1. The minimum atomic E-state index is 0.741. The van der Waals surface area contributed by atoms with E-state index >= 15 is 0 Å². The Morgan fingerprint density at radius 1 is 1.31 bits per heavy atom. The van der Waals surface area contributed by atoms with Crippen LogP contribution >= 0.6 is 0 Å². The van der Waals surface area contributed by atoms with Crippen LogP contribution in [0.25, 0.3) is 0 Å². The molecule has 0 aromatic heterocycles. The molecule has 2 rings (SSSR count). The first-order chi connectivity index (χ1) is 6.38. The second-order valence-corrected chi connectivity index (χ2v) is 4.18. The van der Waals surface area contributed by atoms with Gasteiger partial charge < -0.3 is 10.2 Å². The molecule has 2 atom stereocenters. The van der Waals surface area contributed by atoms with Gasteiger partial charge in [-0.25, -0.2) is 0 Å². The highest BCUT2D eigenvalue weighted by Gasteiger charge is 2.28. The van der Waals surface area contributed by atoms with Crippen molar-refractivity contribution in [2.24, 2.45) is 0 Å². The number of nitrogens with one attached hydrogen (secondary N) is 1. The van der Waals surface area contributed by atoms with Crippen molar-refractivity contribution in [3.8, 4) is 12.3 Å². The molecule has 72 valence electrons. The van der Waals surface area contributed by atoms with E-state index in [0.29, 0.717) is 0 Å². The third-order valence-electron chi connectivity index (χ3n) is 3.18. The molecule has 2 heterocycles. The molecule has 0 amide bonds. The molecule has 0 spiro atoms. The van der Waals surface area contributed by atoms with Crippen molar-refractivity contribution in [1.29, 1.82) is 0 Å². The number of hydrogen-bond acceptors (Lipinski definition) is 2. The van der Waals surface area contributed by atoms with Gasteiger partial charge in [0, 0.05) is 31.6 Å². The van der Waals surface area contributed by atoms with Gasteiger partial charge in [0.05, 0.1) is 0 Å². The summed E-state index contributed by atoms with van der Waals surface area (Å²) < 4.78 is 0. The Morgan fingerprint density at radius 3 is 3.00 bits per heavy atom. The summed E-state index contributed by atoms with van der Waals surface area (Å²) in [5, 5.41) is 3.67. The average molecular weight is 178 g/mol. The molecule has 0 aromatic rings. The summed E-state index contributed by atoms with van der Waals surface area (Å²) in [6, 6.07) is 1.53. The van der Waals surface area contributed by atoms with Gasteiger partial charge in [0.1, 0.15) is 0 Å². The Labute approximate surface area is 80.7 Å². The number of hydrogen-bond donors (Lipinski definition) is 1. The molecule has 0 aromatic carbocycles. The highest BCUT2D eigenvalue weighted by Crippen LogP contribution is 2.20. The Kier molecular flexibility index (Phi) is 2.87. The fourth-order valence-electron chi connectivity index (χ4n) is 2.44. The molecule has 0 aliphatic carbocycles. The topological polar surface area (TPSA) is 15.3 Å². The molecular weight excluding hydrogens is 160 g/mol. The predicted octanol–water partition coefficient (Wildman–Crippen LogP) is 0.836. The first kappa shape index (κ1) is 9.05. The van der Waals surface area contributed by atoms with Gasteiger partial charge in [-0.2, -0.15) is 0 Å². The lowest BCUT2D eigenvalue weighted by Crippen LogP contribution is -2.35. The molecule has 2 nitrogen and oxygen atoms in total. The van der Waals surface area contributed by atoms with Crippen LogP contribution in [0.1, 0.15) is 25.7 Å². The quantitative estimate of drug-likeness (QED) is 0.630. The van der Waals surface area contributed by atoms with E-state index in [9.17, 15) is 0 Å². The number of nitrogens with zero attached hydrogens (tertiary/aromatic N) is 1. The van der Waals surface area contributed by atoms with E-state index in [2.05, 4.69) is 16.1 Å². The predicted molar refractivity (Wildman–Crippen MR) is 54.5 cm³/mol. The van der Waals surface area contributed by atoms with E-state index in [1.165, 1.54) is 32.4 Å². The van der Waals surface area contributed by atoms with Crippen LogP contribution in [-0.2, 0) is 0 Å². The minimum Gasteiger partial charge on any atom is -0.310 e. The third-order valence-corrected chi connectivity index (χ3v) is 3.18. The van der Waals surface area contributed by atoms with Crippen LogP contribution in [-0.4, -0.2) is 36.6 Å². The highest BCUT2D eigenvalue weighted by atomic mass is 15.2. The van der Waals surface area contributed by atoms with Crippen molar-refractivity contribution >= 4 is 0 Å². The summed E-state index contributed by atoms with van der Waals surface area (Å²) >= 11 is 0. The first-order valence-corrected chi connectivity index (χ1v) is 5.30. The lowest BCUT2D eigenvalue weighted by Gasteiger charge is -2.22. The van der Waals surface area contributed by atoms with Crippen molar-refractivity contribution in [2.45, 2.75) is 37.8 Å². The van der Waals surface area contributed by atoms with Crippen LogP contribution in [0, 0.1) is 12.3 Å². The van der Waals surface area contributed by atoms with E-state index in [4.69, 9.17) is 6.42 Å². The molecule has 1 N–H and O–H groups in total. The zero-order chi connectivity index (χ0) is 9.10. The lowest BCUT2D eigenvalue weighted by molar-refractivity contribution is 0.265. The molecule has 2 heteroatoms. The second-order valence-electron chi connectivity index (χ2n) is 4.18. The van der Waals surface area contributed by atoms with Gasteiger partial charge in [-0.15, -0.1) is 12.3 Å². The summed E-state index contributed by atoms with van der Waals surface area (Å²) in [5.74, 6) is 2.72. The molecule has 2 fully saturated rings. The zero-order valence-corrected chi connectivity index (χ0v) is 8.13. The van der Waals surface area contributed by atoms with Gasteiger partial charge >= 0.3 is 0 Å². The van der Waals surface area contributed by atoms with Crippen molar-refractivity contribution < 1.29 is 0 Å². The van der Waals surface area contributed by atoms with E-state index in [-0.39, 0.29) is 0 Å².